The lowest BCUT2D eigenvalue weighted by atomic mass is 9.90. The third-order valence-corrected chi connectivity index (χ3v) is 4.87. The summed E-state index contributed by atoms with van der Waals surface area (Å²) in [5.74, 6) is 0.304. The summed E-state index contributed by atoms with van der Waals surface area (Å²) >= 11 is 0. The van der Waals surface area contributed by atoms with E-state index in [1.54, 1.807) is 58.4 Å². The van der Waals surface area contributed by atoms with Crippen LogP contribution in [0.15, 0.2) is 30.5 Å². The zero-order valence-electron chi connectivity index (χ0n) is 18.0. The van der Waals surface area contributed by atoms with E-state index in [4.69, 9.17) is 14.2 Å². The van der Waals surface area contributed by atoms with E-state index in [0.29, 0.717) is 11.5 Å². The number of amides is 3. The molecule has 0 saturated heterocycles. The fourth-order valence-electron chi connectivity index (χ4n) is 3.63. The van der Waals surface area contributed by atoms with Gasteiger partial charge in [-0.05, 0) is 50.1 Å². The lowest BCUT2D eigenvalue weighted by molar-refractivity contribution is -0.132. The molecule has 0 bridgehead atoms. The van der Waals surface area contributed by atoms with E-state index in [1.165, 1.54) is 25.0 Å². The van der Waals surface area contributed by atoms with Crippen LogP contribution in [0.3, 0.4) is 0 Å². The van der Waals surface area contributed by atoms with Crippen LogP contribution < -0.4 is 9.47 Å². The van der Waals surface area contributed by atoms with Crippen molar-refractivity contribution in [1.82, 2.24) is 9.80 Å². The van der Waals surface area contributed by atoms with Gasteiger partial charge < -0.3 is 19.1 Å². The summed E-state index contributed by atoms with van der Waals surface area (Å²) in [6, 6.07) is 2.19. The maximum absolute atomic E-state index is 12.8. The van der Waals surface area contributed by atoms with Gasteiger partial charge in [0.1, 0.15) is 5.60 Å². The monoisotopic (exact) mass is 414 g/mol. The smallest absolute Gasteiger partial charge is 0.417 e. The molecule has 3 rings (SSSR count). The highest BCUT2D eigenvalue weighted by Gasteiger charge is 2.44. The Bertz CT molecular complexity index is 944. The SMILES string of the molecule is COc1cc2c(cc1OC)[C@H]([C@H]1C=CC(=O)N1C(=O)OC(C)(C)C)N(C(C)=O)C=C2. The first-order valence-electron chi connectivity index (χ1n) is 9.54. The highest BCUT2D eigenvalue weighted by molar-refractivity contribution is 6.02. The molecule has 1 aromatic carbocycles. The molecule has 3 amide bonds. The Kier molecular flexibility index (Phi) is 5.61. The van der Waals surface area contributed by atoms with Crippen molar-refractivity contribution in [2.24, 2.45) is 0 Å². The molecule has 0 fully saturated rings. The van der Waals surface area contributed by atoms with Crippen LogP contribution >= 0.6 is 0 Å². The summed E-state index contributed by atoms with van der Waals surface area (Å²) in [4.78, 5) is 40.3. The fraction of sp³-hybridized carbons (Fsp3) is 0.409. The van der Waals surface area contributed by atoms with Crippen molar-refractivity contribution in [2.75, 3.05) is 14.2 Å². The molecule has 0 unspecified atom stereocenters. The number of carbonyl (C=O) groups excluding carboxylic acids is 3. The van der Waals surface area contributed by atoms with Crippen molar-refractivity contribution in [3.8, 4) is 11.5 Å². The van der Waals surface area contributed by atoms with E-state index in [1.807, 2.05) is 0 Å². The van der Waals surface area contributed by atoms with Crippen LogP contribution in [0.25, 0.3) is 6.08 Å². The second-order valence-electron chi connectivity index (χ2n) is 8.06. The summed E-state index contributed by atoms with van der Waals surface area (Å²) in [7, 11) is 3.06. The second kappa shape index (κ2) is 7.85. The first-order valence-corrected chi connectivity index (χ1v) is 9.54. The number of fused-ring (bicyclic) bond motifs is 1. The van der Waals surface area contributed by atoms with Crippen molar-refractivity contribution in [3.05, 3.63) is 41.6 Å². The molecule has 2 aliphatic heterocycles. The van der Waals surface area contributed by atoms with Crippen LogP contribution in [0, 0.1) is 0 Å². The number of methoxy groups -OCH3 is 2. The van der Waals surface area contributed by atoms with Crippen molar-refractivity contribution in [2.45, 2.75) is 45.4 Å². The van der Waals surface area contributed by atoms with Crippen LogP contribution in [0.5, 0.6) is 11.5 Å². The number of rotatable bonds is 3. The molecule has 1 aromatic rings. The Morgan fingerprint density at radius 1 is 1.03 bits per heavy atom. The van der Waals surface area contributed by atoms with E-state index in [9.17, 15) is 14.4 Å². The summed E-state index contributed by atoms with van der Waals surface area (Å²) in [6.07, 6.45) is 5.61. The summed E-state index contributed by atoms with van der Waals surface area (Å²) in [5.41, 5.74) is 0.751. The Balaban J connectivity index is 2.11. The Labute approximate surface area is 175 Å². The molecular formula is C22H26N2O6. The standard InChI is InChI=1S/C22H26N2O6/c1-13(25)23-10-9-14-11-17(28-5)18(29-6)12-15(14)20(23)16-7-8-19(26)24(16)21(27)30-22(2,3)4/h7-12,16,20H,1-6H3/t16-,20-/m1/s1. The van der Waals surface area contributed by atoms with Crippen molar-refractivity contribution >= 4 is 24.0 Å². The third-order valence-electron chi connectivity index (χ3n) is 4.87. The average Bonchev–Trinajstić information content (AvgIpc) is 3.05. The average molecular weight is 414 g/mol. The van der Waals surface area contributed by atoms with Gasteiger partial charge in [0.2, 0.25) is 5.91 Å². The largest absolute Gasteiger partial charge is 0.493 e. The number of hydrogen-bond acceptors (Lipinski definition) is 6. The Morgan fingerprint density at radius 2 is 1.67 bits per heavy atom. The normalized spacial score (nSPS) is 20.3. The molecule has 0 aliphatic carbocycles. The number of ether oxygens (including phenoxy) is 3. The fourth-order valence-corrected chi connectivity index (χ4v) is 3.63. The maximum Gasteiger partial charge on any atom is 0.417 e. The molecule has 0 spiro atoms. The number of benzene rings is 1. The van der Waals surface area contributed by atoms with Crippen molar-refractivity contribution in [1.29, 1.82) is 0 Å². The van der Waals surface area contributed by atoms with E-state index in [0.717, 1.165) is 16.0 Å². The van der Waals surface area contributed by atoms with Crippen LogP contribution in [0.1, 0.15) is 44.9 Å². The Morgan fingerprint density at radius 3 is 2.23 bits per heavy atom. The zero-order valence-corrected chi connectivity index (χ0v) is 18.0. The van der Waals surface area contributed by atoms with Crippen LogP contribution in [0.4, 0.5) is 4.79 Å². The number of hydrogen-bond donors (Lipinski definition) is 0. The molecule has 0 saturated carbocycles. The first kappa shape index (κ1) is 21.4. The summed E-state index contributed by atoms with van der Waals surface area (Å²) in [6.45, 7) is 6.62. The van der Waals surface area contributed by atoms with Crippen LogP contribution in [-0.2, 0) is 14.3 Å². The predicted molar refractivity (Wildman–Crippen MR) is 110 cm³/mol. The van der Waals surface area contributed by atoms with Gasteiger partial charge in [-0.3, -0.25) is 9.59 Å². The Hall–Kier alpha value is -3.29. The molecule has 0 radical (unpaired) electrons. The molecule has 160 valence electrons. The molecule has 2 heterocycles. The van der Waals surface area contributed by atoms with Gasteiger partial charge in [-0.15, -0.1) is 0 Å². The van der Waals surface area contributed by atoms with Gasteiger partial charge >= 0.3 is 6.09 Å². The lowest BCUT2D eigenvalue weighted by Crippen LogP contribution is -2.49. The highest BCUT2D eigenvalue weighted by Crippen LogP contribution is 2.42. The molecule has 0 aromatic heterocycles. The summed E-state index contributed by atoms with van der Waals surface area (Å²) < 4.78 is 16.2. The molecule has 2 aliphatic rings. The highest BCUT2D eigenvalue weighted by atomic mass is 16.6. The van der Waals surface area contributed by atoms with Gasteiger partial charge in [0.15, 0.2) is 11.5 Å². The van der Waals surface area contributed by atoms with E-state index >= 15 is 0 Å². The van der Waals surface area contributed by atoms with Gasteiger partial charge in [-0.25, -0.2) is 9.69 Å². The van der Waals surface area contributed by atoms with Crippen LogP contribution in [0.2, 0.25) is 0 Å². The molecule has 0 N–H and O–H groups in total. The lowest BCUT2D eigenvalue weighted by Gasteiger charge is -2.39. The predicted octanol–water partition coefficient (Wildman–Crippen LogP) is 3.28. The summed E-state index contributed by atoms with van der Waals surface area (Å²) in [5, 5.41) is 0. The molecule has 2 atom stereocenters. The van der Waals surface area contributed by atoms with Gasteiger partial charge in [0, 0.05) is 19.2 Å². The topological polar surface area (TPSA) is 85.4 Å². The van der Waals surface area contributed by atoms with Gasteiger partial charge in [0.05, 0.1) is 26.3 Å². The van der Waals surface area contributed by atoms with E-state index in [2.05, 4.69) is 0 Å². The molecule has 8 heteroatoms. The van der Waals surface area contributed by atoms with Gasteiger partial charge in [-0.1, -0.05) is 6.08 Å². The minimum atomic E-state index is -0.772. The quantitative estimate of drug-likeness (QED) is 0.755. The molecular weight excluding hydrogens is 388 g/mol. The molecule has 30 heavy (non-hydrogen) atoms. The van der Waals surface area contributed by atoms with E-state index < -0.39 is 29.7 Å². The maximum atomic E-state index is 12.8. The first-order chi connectivity index (χ1) is 14.1. The van der Waals surface area contributed by atoms with E-state index in [-0.39, 0.29) is 5.91 Å². The minimum absolute atomic E-state index is 0.228. The number of imide groups is 1. The van der Waals surface area contributed by atoms with Crippen molar-refractivity contribution < 1.29 is 28.6 Å². The van der Waals surface area contributed by atoms with Crippen molar-refractivity contribution in [3.63, 3.8) is 0 Å². The van der Waals surface area contributed by atoms with Gasteiger partial charge in [-0.2, -0.15) is 0 Å². The number of carbonyl (C=O) groups is 3. The second-order valence-corrected chi connectivity index (χ2v) is 8.06. The minimum Gasteiger partial charge on any atom is -0.493 e. The zero-order chi connectivity index (χ0) is 22.2. The van der Waals surface area contributed by atoms with Crippen LogP contribution in [-0.4, -0.2) is 53.6 Å². The third kappa shape index (κ3) is 3.90. The van der Waals surface area contributed by atoms with Gasteiger partial charge in [0.25, 0.3) is 5.91 Å². The molecule has 8 nitrogen and oxygen atoms in total. The number of nitrogens with zero attached hydrogens (tertiary/aromatic N) is 2.